The number of carbonyl (C=O) groups is 1. The van der Waals surface area contributed by atoms with Gasteiger partial charge in [0.05, 0.1) is 12.2 Å². The van der Waals surface area contributed by atoms with Gasteiger partial charge in [-0.25, -0.2) is 0 Å². The molecule has 3 heterocycles. The maximum atomic E-state index is 13.5. The van der Waals surface area contributed by atoms with Gasteiger partial charge in [0.1, 0.15) is 0 Å². The number of aliphatic hydroxyl groups is 1. The predicted octanol–water partition coefficient (Wildman–Crippen LogP) is 4.77. The van der Waals surface area contributed by atoms with Crippen LogP contribution < -0.4 is 4.90 Å². The van der Waals surface area contributed by atoms with Crippen LogP contribution >= 0.6 is 27.3 Å². The Bertz CT molecular complexity index is 1170. The van der Waals surface area contributed by atoms with Crippen molar-refractivity contribution in [1.29, 1.82) is 0 Å². The summed E-state index contributed by atoms with van der Waals surface area (Å²) in [5.74, 6) is -0.325. The lowest BCUT2D eigenvalue weighted by Gasteiger charge is -2.23. The number of thiophene rings is 1. The summed E-state index contributed by atoms with van der Waals surface area (Å²) in [6, 6.07) is 17.3. The number of para-hydroxylation sites is 1. The smallest absolute Gasteiger partial charge is 0.268 e. The van der Waals surface area contributed by atoms with E-state index in [2.05, 4.69) is 20.9 Å². The molecule has 2 aromatic carbocycles. The van der Waals surface area contributed by atoms with E-state index in [4.69, 9.17) is 0 Å². The van der Waals surface area contributed by atoms with Crippen molar-refractivity contribution in [3.63, 3.8) is 0 Å². The van der Waals surface area contributed by atoms with Crippen LogP contribution in [0.15, 0.2) is 70.6 Å². The van der Waals surface area contributed by atoms with Gasteiger partial charge in [0, 0.05) is 37.6 Å². The summed E-state index contributed by atoms with van der Waals surface area (Å²) < 4.78 is 0.824. The Morgan fingerprint density at radius 1 is 1.11 bits per heavy atom. The van der Waals surface area contributed by atoms with Crippen molar-refractivity contribution in [3.8, 4) is 0 Å². The lowest BCUT2D eigenvalue weighted by Crippen LogP contribution is -2.40. The Balaban J connectivity index is 1.73. The number of hydrogen-bond donors (Lipinski definition) is 2. The van der Waals surface area contributed by atoms with Crippen LogP contribution in [-0.2, 0) is 16.9 Å². The summed E-state index contributed by atoms with van der Waals surface area (Å²) in [4.78, 5) is 19.4. The normalized spacial score (nSPS) is 19.0. The Morgan fingerprint density at radius 3 is 2.78 bits per heavy atom. The summed E-state index contributed by atoms with van der Waals surface area (Å²) in [7, 11) is 0. The number of nitrogens with one attached hydrogen (secondary N) is 1. The van der Waals surface area contributed by atoms with Crippen LogP contribution in [0.25, 0.3) is 10.9 Å². The maximum Gasteiger partial charge on any atom is 0.268 e. The van der Waals surface area contributed by atoms with Crippen molar-refractivity contribution < 1.29 is 9.90 Å². The molecule has 1 aliphatic heterocycles. The highest BCUT2D eigenvalue weighted by Crippen LogP contribution is 2.47. The number of nitrogens with zero attached hydrogens (tertiary/aromatic N) is 1. The molecule has 0 radical (unpaired) electrons. The topological polar surface area (TPSA) is 56.3 Å². The van der Waals surface area contributed by atoms with Crippen LogP contribution in [0, 0.1) is 0 Å². The molecule has 4 nitrogen and oxygen atoms in total. The van der Waals surface area contributed by atoms with Gasteiger partial charge >= 0.3 is 0 Å². The standard InChI is InChI=1S/C21H15BrN2O2S/c22-13-7-8-19-16(10-13)21(26,17-11-23-18-6-2-1-5-15(17)18)20(25)24(19)12-14-4-3-9-27-14/h1-11,23,26H,12H2/t21-/m0/s1. The molecular weight excluding hydrogens is 424 g/mol. The van der Waals surface area contributed by atoms with Gasteiger partial charge < -0.3 is 15.0 Å². The van der Waals surface area contributed by atoms with E-state index >= 15 is 0 Å². The highest BCUT2D eigenvalue weighted by atomic mass is 79.9. The van der Waals surface area contributed by atoms with E-state index in [1.54, 1.807) is 22.4 Å². The van der Waals surface area contributed by atoms with Crippen molar-refractivity contribution in [2.75, 3.05) is 4.90 Å². The number of fused-ring (bicyclic) bond motifs is 2. The molecule has 1 atom stereocenters. The number of amides is 1. The second-order valence-corrected chi connectivity index (χ2v) is 8.54. The summed E-state index contributed by atoms with van der Waals surface area (Å²) in [5.41, 5.74) is 1.08. The van der Waals surface area contributed by atoms with Crippen molar-refractivity contribution >= 4 is 49.8 Å². The molecule has 0 saturated carbocycles. The van der Waals surface area contributed by atoms with Gasteiger partial charge in [0.15, 0.2) is 5.60 Å². The fraction of sp³-hybridized carbons (Fsp3) is 0.0952. The van der Waals surface area contributed by atoms with Crippen molar-refractivity contribution in [2.24, 2.45) is 0 Å². The van der Waals surface area contributed by atoms with Crippen LogP contribution in [-0.4, -0.2) is 16.0 Å². The quantitative estimate of drug-likeness (QED) is 0.483. The average Bonchev–Trinajstić information content (AvgIpc) is 3.38. The van der Waals surface area contributed by atoms with Crippen LogP contribution in [0.4, 0.5) is 5.69 Å². The first-order valence-electron chi connectivity index (χ1n) is 8.52. The van der Waals surface area contributed by atoms with Crippen LogP contribution in [0.3, 0.4) is 0 Å². The van der Waals surface area contributed by atoms with E-state index < -0.39 is 5.60 Å². The lowest BCUT2D eigenvalue weighted by atomic mass is 9.87. The van der Waals surface area contributed by atoms with Gasteiger partial charge in [-0.15, -0.1) is 11.3 Å². The third-order valence-corrected chi connectivity index (χ3v) is 6.42. The second kappa shape index (κ2) is 6.05. The molecule has 0 saturated heterocycles. The van der Waals surface area contributed by atoms with Gasteiger partial charge in [-0.2, -0.15) is 0 Å². The van der Waals surface area contributed by atoms with E-state index in [1.165, 1.54) is 0 Å². The molecule has 0 bridgehead atoms. The molecule has 1 aliphatic rings. The number of benzene rings is 2. The Labute approximate surface area is 168 Å². The molecular formula is C21H15BrN2O2S. The summed E-state index contributed by atoms with van der Waals surface area (Å²) in [6.07, 6.45) is 1.74. The Kier molecular flexibility index (Phi) is 3.75. The summed E-state index contributed by atoms with van der Waals surface area (Å²) in [5, 5.41) is 14.6. The minimum absolute atomic E-state index is 0.325. The number of aromatic nitrogens is 1. The van der Waals surface area contributed by atoms with Crippen LogP contribution in [0.1, 0.15) is 16.0 Å². The summed E-state index contributed by atoms with van der Waals surface area (Å²) in [6.45, 7) is 0.440. The zero-order chi connectivity index (χ0) is 18.6. The largest absolute Gasteiger partial charge is 0.372 e. The van der Waals surface area contributed by atoms with Gasteiger partial charge in [-0.1, -0.05) is 40.2 Å². The molecule has 2 N–H and O–H groups in total. The van der Waals surface area contributed by atoms with E-state index in [0.29, 0.717) is 17.7 Å². The minimum atomic E-state index is -1.73. The number of hydrogen-bond acceptors (Lipinski definition) is 3. The Hall–Kier alpha value is -2.41. The van der Waals surface area contributed by atoms with Gasteiger partial charge in [0.2, 0.25) is 0 Å². The molecule has 1 amide bonds. The fourth-order valence-corrected chi connectivity index (χ4v) is 4.85. The zero-order valence-electron chi connectivity index (χ0n) is 14.1. The highest BCUT2D eigenvalue weighted by Gasteiger charge is 2.52. The van der Waals surface area contributed by atoms with Crippen LogP contribution in [0.5, 0.6) is 0 Å². The minimum Gasteiger partial charge on any atom is -0.372 e. The first-order chi connectivity index (χ1) is 13.1. The number of halogens is 1. The van der Waals surface area contributed by atoms with E-state index in [9.17, 15) is 9.90 Å². The number of aromatic amines is 1. The molecule has 0 aliphatic carbocycles. The second-order valence-electron chi connectivity index (χ2n) is 6.59. The third-order valence-electron chi connectivity index (χ3n) is 5.07. The fourth-order valence-electron chi connectivity index (χ4n) is 3.80. The van der Waals surface area contributed by atoms with Gasteiger partial charge in [-0.05, 0) is 35.7 Å². The van der Waals surface area contributed by atoms with Gasteiger partial charge in [-0.3, -0.25) is 4.79 Å². The number of H-pyrrole nitrogens is 1. The number of rotatable bonds is 3. The SMILES string of the molecule is O=C1N(Cc2cccs2)c2ccc(Br)cc2[C@]1(O)c1c[nH]c2ccccc12. The maximum absolute atomic E-state index is 13.5. The Morgan fingerprint density at radius 2 is 1.96 bits per heavy atom. The summed E-state index contributed by atoms with van der Waals surface area (Å²) >= 11 is 5.08. The average molecular weight is 439 g/mol. The predicted molar refractivity (Wildman–Crippen MR) is 111 cm³/mol. The lowest BCUT2D eigenvalue weighted by molar-refractivity contribution is -0.132. The molecule has 5 rings (SSSR count). The highest BCUT2D eigenvalue weighted by molar-refractivity contribution is 9.10. The first kappa shape index (κ1) is 16.7. The molecule has 0 unspecified atom stereocenters. The van der Waals surface area contributed by atoms with Crippen molar-refractivity contribution in [2.45, 2.75) is 12.1 Å². The molecule has 4 aromatic rings. The van der Waals surface area contributed by atoms with E-state index in [1.807, 2.05) is 60.0 Å². The van der Waals surface area contributed by atoms with E-state index in [0.717, 1.165) is 25.9 Å². The molecule has 134 valence electrons. The zero-order valence-corrected chi connectivity index (χ0v) is 16.5. The number of carbonyl (C=O) groups excluding carboxylic acids is 1. The molecule has 0 spiro atoms. The molecule has 2 aromatic heterocycles. The number of anilines is 1. The van der Waals surface area contributed by atoms with Crippen molar-refractivity contribution in [3.05, 3.63) is 86.7 Å². The van der Waals surface area contributed by atoms with E-state index in [-0.39, 0.29) is 5.91 Å². The molecule has 27 heavy (non-hydrogen) atoms. The van der Waals surface area contributed by atoms with Gasteiger partial charge in [0.25, 0.3) is 5.91 Å². The molecule has 0 fully saturated rings. The molecule has 6 heteroatoms. The third kappa shape index (κ3) is 2.41. The van der Waals surface area contributed by atoms with Crippen molar-refractivity contribution in [1.82, 2.24) is 4.98 Å². The first-order valence-corrected chi connectivity index (χ1v) is 10.2. The monoisotopic (exact) mass is 438 g/mol. The van der Waals surface area contributed by atoms with Crippen LogP contribution in [0.2, 0.25) is 0 Å².